The Morgan fingerprint density at radius 2 is 1.00 bits per heavy atom. The molecule has 0 N–H and O–H groups in total. The first kappa shape index (κ1) is 29.6. The van der Waals surface area contributed by atoms with Crippen molar-refractivity contribution in [1.82, 2.24) is 0 Å². The summed E-state index contributed by atoms with van der Waals surface area (Å²) in [7, 11) is 0. The van der Waals surface area contributed by atoms with Gasteiger partial charge in [-0.15, -0.1) is 0 Å². The van der Waals surface area contributed by atoms with Crippen molar-refractivity contribution in [3.8, 4) is 0 Å². The summed E-state index contributed by atoms with van der Waals surface area (Å²) in [6, 6.07) is 0. The van der Waals surface area contributed by atoms with Crippen LogP contribution in [0.25, 0.3) is 0 Å². The molecule has 0 saturated heterocycles. The summed E-state index contributed by atoms with van der Waals surface area (Å²) in [5, 5.41) is 0. The van der Waals surface area contributed by atoms with Gasteiger partial charge in [0.1, 0.15) is 0 Å². The molecular formula is MnTiZnZr. The van der Waals surface area contributed by atoms with E-state index in [0.29, 0.717) is 0 Å². The second-order valence-corrected chi connectivity index (χ2v) is 0. The molecule has 0 nitrogen and oxygen atoms in total. The summed E-state index contributed by atoms with van der Waals surface area (Å²) in [4.78, 5) is 0. The third-order valence-corrected chi connectivity index (χ3v) is 0. The van der Waals surface area contributed by atoms with Crippen LogP contribution in [0.2, 0.25) is 0 Å². The largest absolute Gasteiger partial charge is 0 e. The normalized spacial score (nSPS) is 0. The van der Waals surface area contributed by atoms with Crippen LogP contribution in [0.3, 0.4) is 0 Å². The molecule has 0 saturated carbocycles. The van der Waals surface area contributed by atoms with E-state index in [1.807, 2.05) is 0 Å². The third-order valence-electron chi connectivity index (χ3n) is 0. The Hall–Kier alpha value is 2.74. The van der Waals surface area contributed by atoms with E-state index in [1.165, 1.54) is 0 Å². The Labute approximate surface area is 83.1 Å². The third kappa shape index (κ3) is 8.83. The van der Waals surface area contributed by atoms with Gasteiger partial charge in [-0.1, -0.05) is 0 Å². The van der Waals surface area contributed by atoms with E-state index < -0.39 is 0 Å². The maximum Gasteiger partial charge on any atom is 0 e. The summed E-state index contributed by atoms with van der Waals surface area (Å²) in [6.07, 6.45) is 0. The summed E-state index contributed by atoms with van der Waals surface area (Å²) in [5.74, 6) is 0. The average Bonchev–Trinajstić information content (AvgIpc) is 0. The van der Waals surface area contributed by atoms with E-state index >= 15 is 0 Å². The zero-order chi connectivity index (χ0) is 0. The van der Waals surface area contributed by atoms with E-state index in [1.54, 1.807) is 0 Å². The van der Waals surface area contributed by atoms with Crippen LogP contribution in [0.1, 0.15) is 0 Å². The summed E-state index contributed by atoms with van der Waals surface area (Å²) < 4.78 is 0. The molecule has 0 unspecified atom stereocenters. The molecule has 17 valence electrons. The van der Waals surface area contributed by atoms with Gasteiger partial charge in [0.25, 0.3) is 0 Å². The molecule has 0 aromatic carbocycles. The van der Waals surface area contributed by atoms with Gasteiger partial charge in [-0.2, -0.15) is 0 Å². The van der Waals surface area contributed by atoms with Crippen LogP contribution >= 0.6 is 0 Å². The molecular weight excluding hydrogens is 259 g/mol. The fraction of sp³-hybridized carbons (Fsp3) is 0. The van der Waals surface area contributed by atoms with Crippen LogP contribution < -0.4 is 0 Å². The summed E-state index contributed by atoms with van der Waals surface area (Å²) in [6.45, 7) is 0. The molecule has 0 aliphatic heterocycles. The second-order valence-electron chi connectivity index (χ2n) is 0. The van der Waals surface area contributed by atoms with Crippen LogP contribution in [-0.2, 0) is 84.5 Å². The molecule has 0 aromatic rings. The van der Waals surface area contributed by atoms with Gasteiger partial charge >= 0.3 is 0 Å². The first-order chi connectivity index (χ1) is 0. The van der Waals surface area contributed by atoms with Crippen LogP contribution in [-0.4, -0.2) is 0 Å². The molecule has 0 aliphatic rings. The SMILES string of the molecule is [Mn].[Ti].[Zn].[Zr]. The van der Waals surface area contributed by atoms with Gasteiger partial charge < -0.3 is 0 Å². The van der Waals surface area contributed by atoms with E-state index in [-0.39, 0.29) is 84.5 Å². The van der Waals surface area contributed by atoms with Crippen molar-refractivity contribution in [3.05, 3.63) is 0 Å². The van der Waals surface area contributed by atoms with Crippen molar-refractivity contribution in [2.24, 2.45) is 0 Å². The van der Waals surface area contributed by atoms with Gasteiger partial charge in [0, 0.05) is 84.5 Å². The van der Waals surface area contributed by atoms with Crippen molar-refractivity contribution >= 4 is 0 Å². The Morgan fingerprint density at radius 1 is 1.00 bits per heavy atom. The molecule has 4 heavy (non-hydrogen) atoms. The quantitative estimate of drug-likeness (QED) is 0.537. The molecule has 4 heteroatoms. The van der Waals surface area contributed by atoms with Crippen LogP contribution in [0.5, 0.6) is 0 Å². The van der Waals surface area contributed by atoms with Crippen LogP contribution in [0.15, 0.2) is 0 Å². The van der Waals surface area contributed by atoms with Crippen molar-refractivity contribution < 1.29 is 84.5 Å². The number of hydrogen-bond acceptors (Lipinski definition) is 0. The Balaban J connectivity index is 0. The van der Waals surface area contributed by atoms with Gasteiger partial charge in [0.2, 0.25) is 0 Å². The Bertz CT molecular complexity index is 8.00. The smallest absolute Gasteiger partial charge is 0 e. The second kappa shape index (κ2) is 17.2. The molecule has 0 fully saturated rings. The van der Waals surface area contributed by atoms with Gasteiger partial charge in [-0.25, -0.2) is 0 Å². The van der Waals surface area contributed by atoms with E-state index in [0.717, 1.165) is 0 Å². The fourth-order valence-electron chi connectivity index (χ4n) is 0. The van der Waals surface area contributed by atoms with E-state index in [2.05, 4.69) is 0 Å². The van der Waals surface area contributed by atoms with Crippen molar-refractivity contribution in [2.75, 3.05) is 0 Å². The zero-order valence-electron chi connectivity index (χ0n) is 2.09. The Morgan fingerprint density at radius 3 is 1.00 bits per heavy atom. The maximum atomic E-state index is 0. The van der Waals surface area contributed by atoms with Gasteiger partial charge in [0.15, 0.2) is 0 Å². The molecule has 0 amide bonds. The van der Waals surface area contributed by atoms with Gasteiger partial charge in [0.05, 0.1) is 0 Å². The first-order valence-electron chi connectivity index (χ1n) is 0. The molecule has 0 heterocycles. The molecule has 0 atom stereocenters. The minimum atomic E-state index is 0. The van der Waals surface area contributed by atoms with Crippen molar-refractivity contribution in [3.63, 3.8) is 0 Å². The standard InChI is InChI=1S/Mn.Ti.Zn.Zr. The van der Waals surface area contributed by atoms with E-state index in [4.69, 9.17) is 0 Å². The minimum absolute atomic E-state index is 0. The molecule has 0 aromatic heterocycles. The predicted molar refractivity (Wildman–Crippen MR) is 0 cm³/mol. The maximum absolute atomic E-state index is 0. The van der Waals surface area contributed by atoms with Crippen molar-refractivity contribution in [2.45, 2.75) is 0 Å². The average molecular weight is 259 g/mol. The van der Waals surface area contributed by atoms with Crippen molar-refractivity contribution in [1.29, 1.82) is 0 Å². The predicted octanol–water partition coefficient (Wildman–Crippen LogP) is -0.0100. The Kier molecular flexibility index (Phi) is 127. The van der Waals surface area contributed by atoms with Crippen LogP contribution in [0.4, 0.5) is 0 Å². The molecule has 0 spiro atoms. The molecule has 0 rings (SSSR count). The minimum Gasteiger partial charge on any atom is 0 e. The fourth-order valence-corrected chi connectivity index (χ4v) is 0. The topological polar surface area (TPSA) is 0 Å². The molecule has 0 bridgehead atoms. The summed E-state index contributed by atoms with van der Waals surface area (Å²) >= 11 is 0. The zero-order valence-corrected chi connectivity index (χ0v) is 10.3. The molecule has 0 aliphatic carbocycles. The van der Waals surface area contributed by atoms with Gasteiger partial charge in [-0.3, -0.25) is 0 Å². The first-order valence-corrected chi connectivity index (χ1v) is 0. The number of hydrogen-bond donors (Lipinski definition) is 0. The monoisotopic (exact) mass is 257 g/mol. The molecule has 1 radical (unpaired) electrons. The summed E-state index contributed by atoms with van der Waals surface area (Å²) in [5.41, 5.74) is 0. The number of rotatable bonds is 0. The van der Waals surface area contributed by atoms with Crippen LogP contribution in [0, 0.1) is 0 Å². The van der Waals surface area contributed by atoms with Gasteiger partial charge in [-0.05, 0) is 0 Å². The van der Waals surface area contributed by atoms with E-state index in [9.17, 15) is 0 Å².